The van der Waals surface area contributed by atoms with Crippen LogP contribution >= 0.6 is 22.9 Å². The topological polar surface area (TPSA) is 71.1 Å². The van der Waals surface area contributed by atoms with Crippen molar-refractivity contribution in [3.05, 3.63) is 45.6 Å². The molecule has 0 radical (unpaired) electrons. The van der Waals surface area contributed by atoms with Crippen LogP contribution in [-0.4, -0.2) is 57.5 Å². The van der Waals surface area contributed by atoms with Gasteiger partial charge >= 0.3 is 0 Å². The lowest BCUT2D eigenvalue weighted by Crippen LogP contribution is -2.41. The fraction of sp³-hybridized carbons (Fsp3) is 0.368. The lowest BCUT2D eigenvalue weighted by molar-refractivity contribution is -0.125. The van der Waals surface area contributed by atoms with Gasteiger partial charge < -0.3 is 24.6 Å². The zero-order valence-corrected chi connectivity index (χ0v) is 16.7. The van der Waals surface area contributed by atoms with Crippen molar-refractivity contribution < 1.29 is 19.1 Å². The average molecular weight is 422 g/mol. The lowest BCUT2D eigenvalue weighted by Gasteiger charge is -2.27. The van der Waals surface area contributed by atoms with Gasteiger partial charge in [-0.05, 0) is 36.4 Å². The minimum atomic E-state index is -0.140. The van der Waals surface area contributed by atoms with Crippen molar-refractivity contribution >= 4 is 46.1 Å². The third kappa shape index (κ3) is 4.30. The summed E-state index contributed by atoms with van der Waals surface area (Å²) in [5.74, 6) is -0.162. The number of carbonyl (C=O) groups excluding carboxylic acids is 2. The largest absolute Gasteiger partial charge is 0.370 e. The molecule has 1 N–H and O–H groups in total. The van der Waals surface area contributed by atoms with Crippen LogP contribution in [0.4, 0.5) is 11.4 Å². The van der Waals surface area contributed by atoms with Gasteiger partial charge in [0.1, 0.15) is 13.3 Å². The first kappa shape index (κ1) is 19.2. The number of carbonyl (C=O) groups is 2. The lowest BCUT2D eigenvalue weighted by atomic mass is 10.2. The molecule has 2 saturated heterocycles. The second kappa shape index (κ2) is 8.48. The number of morpholine rings is 1. The zero-order valence-electron chi connectivity index (χ0n) is 15.1. The SMILES string of the molecule is O=C(NCC1CN(c2ccc(N3CCOCC3=O)cc2)CO1)c1ccc(Cl)s1. The molecule has 1 aromatic heterocycles. The number of hydrogen-bond acceptors (Lipinski definition) is 6. The third-order valence-corrected chi connectivity index (χ3v) is 5.92. The number of halogens is 1. The molecule has 1 atom stereocenters. The minimum absolute atomic E-state index is 0.0219. The summed E-state index contributed by atoms with van der Waals surface area (Å²) in [6.07, 6.45) is -0.0834. The Morgan fingerprint density at radius 1 is 1.21 bits per heavy atom. The summed E-state index contributed by atoms with van der Waals surface area (Å²) in [5.41, 5.74) is 1.89. The number of hydrogen-bond donors (Lipinski definition) is 1. The summed E-state index contributed by atoms with van der Waals surface area (Å²) in [7, 11) is 0. The Morgan fingerprint density at radius 3 is 2.71 bits per heavy atom. The Hall–Kier alpha value is -2.13. The van der Waals surface area contributed by atoms with Gasteiger partial charge in [0.2, 0.25) is 0 Å². The summed E-state index contributed by atoms with van der Waals surface area (Å²) < 4.78 is 11.5. The van der Waals surface area contributed by atoms with Crippen LogP contribution in [0, 0.1) is 0 Å². The van der Waals surface area contributed by atoms with E-state index in [2.05, 4.69) is 10.2 Å². The van der Waals surface area contributed by atoms with Gasteiger partial charge in [0.25, 0.3) is 11.8 Å². The van der Waals surface area contributed by atoms with Gasteiger partial charge in [-0.25, -0.2) is 0 Å². The van der Waals surface area contributed by atoms with Crippen LogP contribution in [-0.2, 0) is 14.3 Å². The molecule has 28 heavy (non-hydrogen) atoms. The van der Waals surface area contributed by atoms with Gasteiger partial charge in [-0.15, -0.1) is 11.3 Å². The molecule has 9 heteroatoms. The maximum Gasteiger partial charge on any atom is 0.261 e. The summed E-state index contributed by atoms with van der Waals surface area (Å²) >= 11 is 7.12. The van der Waals surface area contributed by atoms with Gasteiger partial charge in [-0.1, -0.05) is 11.6 Å². The molecule has 7 nitrogen and oxygen atoms in total. The van der Waals surface area contributed by atoms with E-state index < -0.39 is 0 Å². The first-order valence-electron chi connectivity index (χ1n) is 8.98. The van der Waals surface area contributed by atoms with Crippen LogP contribution in [0.15, 0.2) is 36.4 Å². The number of ether oxygens (including phenoxy) is 2. The van der Waals surface area contributed by atoms with E-state index in [1.807, 2.05) is 24.3 Å². The Kier molecular flexibility index (Phi) is 5.82. The number of nitrogens with one attached hydrogen (secondary N) is 1. The van der Waals surface area contributed by atoms with Gasteiger partial charge in [-0.3, -0.25) is 9.59 Å². The standard InChI is InChI=1S/C19H20ClN3O4S/c20-17-6-5-16(28-17)19(25)21-9-15-10-22(12-27-15)13-1-3-14(4-2-13)23-7-8-26-11-18(23)24/h1-6,15H,7-12H2,(H,21,25). The van der Waals surface area contributed by atoms with Gasteiger partial charge in [0, 0.05) is 31.0 Å². The second-order valence-corrected chi connectivity index (χ2v) is 8.28. The molecule has 0 aliphatic carbocycles. The highest BCUT2D eigenvalue weighted by Crippen LogP contribution is 2.25. The van der Waals surface area contributed by atoms with E-state index >= 15 is 0 Å². The zero-order chi connectivity index (χ0) is 19.5. The molecule has 2 aliphatic heterocycles. The van der Waals surface area contributed by atoms with Gasteiger partial charge in [-0.2, -0.15) is 0 Å². The fourth-order valence-corrected chi connectivity index (χ4v) is 4.17. The van der Waals surface area contributed by atoms with Gasteiger partial charge in [0.15, 0.2) is 0 Å². The molecular formula is C19H20ClN3O4S. The van der Waals surface area contributed by atoms with E-state index in [4.69, 9.17) is 21.1 Å². The molecule has 2 aromatic rings. The monoisotopic (exact) mass is 421 g/mol. The predicted octanol–water partition coefficient (Wildman–Crippen LogP) is 2.36. The molecule has 1 unspecified atom stereocenters. The number of rotatable bonds is 5. The molecule has 0 spiro atoms. The van der Waals surface area contributed by atoms with E-state index in [-0.39, 0.29) is 24.5 Å². The summed E-state index contributed by atoms with van der Waals surface area (Å²) in [4.78, 5) is 28.5. The van der Waals surface area contributed by atoms with E-state index in [9.17, 15) is 9.59 Å². The second-order valence-electron chi connectivity index (χ2n) is 6.57. The maximum absolute atomic E-state index is 12.1. The minimum Gasteiger partial charge on any atom is -0.370 e. The molecular weight excluding hydrogens is 402 g/mol. The van der Waals surface area contributed by atoms with Gasteiger partial charge in [0.05, 0.1) is 21.9 Å². The van der Waals surface area contributed by atoms with Crippen molar-refractivity contribution in [1.82, 2.24) is 5.32 Å². The third-order valence-electron chi connectivity index (χ3n) is 4.69. The molecule has 2 aliphatic rings. The average Bonchev–Trinajstić information content (AvgIpc) is 3.36. The highest BCUT2D eigenvalue weighted by atomic mass is 35.5. The Labute approximate surface area is 171 Å². The van der Waals surface area contributed by atoms with Crippen LogP contribution in [0.2, 0.25) is 4.34 Å². The highest BCUT2D eigenvalue weighted by Gasteiger charge is 2.25. The molecule has 2 amide bonds. The number of nitrogens with zero attached hydrogens (tertiary/aromatic N) is 2. The van der Waals surface area contributed by atoms with Crippen molar-refractivity contribution in [2.75, 3.05) is 49.4 Å². The molecule has 2 fully saturated rings. The van der Waals surface area contributed by atoms with Crippen molar-refractivity contribution in [3.63, 3.8) is 0 Å². The Balaban J connectivity index is 1.30. The van der Waals surface area contributed by atoms with Crippen LogP contribution < -0.4 is 15.1 Å². The normalized spacial score (nSPS) is 19.9. The first-order valence-corrected chi connectivity index (χ1v) is 10.2. The molecule has 4 rings (SSSR count). The molecule has 1 aromatic carbocycles. The quantitative estimate of drug-likeness (QED) is 0.802. The first-order chi connectivity index (χ1) is 13.6. The van der Waals surface area contributed by atoms with Crippen molar-refractivity contribution in [2.24, 2.45) is 0 Å². The van der Waals surface area contributed by atoms with E-state index in [0.717, 1.165) is 11.4 Å². The molecule has 0 bridgehead atoms. The Bertz CT molecular complexity index is 857. The van der Waals surface area contributed by atoms with Crippen molar-refractivity contribution in [3.8, 4) is 0 Å². The van der Waals surface area contributed by atoms with Crippen molar-refractivity contribution in [2.45, 2.75) is 6.10 Å². The van der Waals surface area contributed by atoms with Crippen LogP contribution in [0.1, 0.15) is 9.67 Å². The Morgan fingerprint density at radius 2 is 2.00 bits per heavy atom. The van der Waals surface area contributed by atoms with Crippen LogP contribution in [0.5, 0.6) is 0 Å². The molecule has 3 heterocycles. The smallest absolute Gasteiger partial charge is 0.261 e. The number of anilines is 2. The predicted molar refractivity (Wildman–Crippen MR) is 108 cm³/mol. The fourth-order valence-electron chi connectivity index (χ4n) is 3.21. The van der Waals surface area contributed by atoms with Crippen molar-refractivity contribution in [1.29, 1.82) is 0 Å². The van der Waals surface area contributed by atoms with Crippen LogP contribution in [0.25, 0.3) is 0 Å². The molecule has 0 saturated carbocycles. The maximum atomic E-state index is 12.1. The van der Waals surface area contributed by atoms with Crippen LogP contribution in [0.3, 0.4) is 0 Å². The molecule has 148 valence electrons. The number of amides is 2. The van der Waals surface area contributed by atoms with E-state index in [0.29, 0.717) is 42.2 Å². The van der Waals surface area contributed by atoms with E-state index in [1.165, 1.54) is 11.3 Å². The van der Waals surface area contributed by atoms with E-state index in [1.54, 1.807) is 17.0 Å². The summed E-state index contributed by atoms with van der Waals surface area (Å²) in [6, 6.07) is 11.3. The highest BCUT2D eigenvalue weighted by molar-refractivity contribution is 7.17. The summed E-state index contributed by atoms with van der Waals surface area (Å²) in [5, 5.41) is 2.89. The number of benzene rings is 1. The number of thiophene rings is 1. The summed E-state index contributed by atoms with van der Waals surface area (Å²) in [6.45, 7) is 2.83.